The second kappa shape index (κ2) is 8.01. The van der Waals surface area contributed by atoms with Crippen molar-refractivity contribution in [2.45, 2.75) is 19.3 Å². The summed E-state index contributed by atoms with van der Waals surface area (Å²) in [5, 5.41) is 1.24. The van der Waals surface area contributed by atoms with E-state index in [1.807, 2.05) is 31.1 Å². The molecular weight excluding hydrogens is 377 g/mol. The summed E-state index contributed by atoms with van der Waals surface area (Å²) >= 11 is 13.0. The smallest absolute Gasteiger partial charge is 0.129 e. The maximum atomic E-state index is 14.0. The van der Waals surface area contributed by atoms with Crippen LogP contribution in [0.3, 0.4) is 0 Å². The van der Waals surface area contributed by atoms with E-state index in [1.165, 1.54) is 12.1 Å². The molecule has 0 radical (unpaired) electrons. The number of benzene rings is 2. The first-order chi connectivity index (χ1) is 12.3. The third kappa shape index (κ3) is 4.24. The fourth-order valence-corrected chi connectivity index (χ4v) is 4.26. The number of halogens is 4. The van der Waals surface area contributed by atoms with Crippen LogP contribution in [0.2, 0.25) is 10.0 Å². The molecule has 2 nitrogen and oxygen atoms in total. The van der Waals surface area contributed by atoms with Crippen LogP contribution < -0.4 is 9.80 Å². The van der Waals surface area contributed by atoms with Crippen molar-refractivity contribution < 1.29 is 8.78 Å². The molecule has 0 saturated carbocycles. The van der Waals surface area contributed by atoms with E-state index >= 15 is 0 Å². The second-order valence-corrected chi connectivity index (χ2v) is 7.86. The van der Waals surface area contributed by atoms with Gasteiger partial charge in [-0.25, -0.2) is 8.78 Å². The predicted molar refractivity (Wildman–Crippen MR) is 106 cm³/mol. The number of anilines is 2. The largest absolute Gasteiger partial charge is 0.378 e. The summed E-state index contributed by atoms with van der Waals surface area (Å²) in [7, 11) is 3.88. The Bertz CT molecular complexity index is 772. The Labute approximate surface area is 163 Å². The van der Waals surface area contributed by atoms with Crippen molar-refractivity contribution in [3.8, 4) is 0 Å². The second-order valence-electron chi connectivity index (χ2n) is 7.05. The Morgan fingerprint density at radius 2 is 1.81 bits per heavy atom. The van der Waals surface area contributed by atoms with Gasteiger partial charge in [0, 0.05) is 38.9 Å². The van der Waals surface area contributed by atoms with Crippen LogP contribution in [0.15, 0.2) is 30.3 Å². The van der Waals surface area contributed by atoms with Gasteiger partial charge in [0.2, 0.25) is 0 Å². The number of piperidine rings is 1. The summed E-state index contributed by atoms with van der Waals surface area (Å²) in [6, 6.07) is 7.61. The van der Waals surface area contributed by atoms with Crippen molar-refractivity contribution >= 4 is 34.6 Å². The van der Waals surface area contributed by atoms with E-state index < -0.39 is 11.6 Å². The van der Waals surface area contributed by atoms with Crippen LogP contribution in [0.25, 0.3) is 0 Å². The van der Waals surface area contributed by atoms with E-state index in [-0.39, 0.29) is 5.92 Å². The van der Waals surface area contributed by atoms with Crippen LogP contribution in [-0.4, -0.2) is 27.2 Å². The lowest BCUT2D eigenvalue weighted by atomic mass is 9.90. The van der Waals surface area contributed by atoms with Crippen LogP contribution in [0, 0.1) is 17.6 Å². The number of hydrogen-bond acceptors (Lipinski definition) is 2. The van der Waals surface area contributed by atoms with E-state index in [0.717, 1.165) is 43.4 Å². The van der Waals surface area contributed by atoms with Crippen molar-refractivity contribution in [3.63, 3.8) is 0 Å². The first kappa shape index (κ1) is 19.2. The van der Waals surface area contributed by atoms with Gasteiger partial charge >= 0.3 is 0 Å². The molecule has 140 valence electrons. The van der Waals surface area contributed by atoms with Gasteiger partial charge in [-0.1, -0.05) is 29.3 Å². The molecule has 1 saturated heterocycles. The molecular formula is C20H22Cl2F2N2. The molecule has 0 aromatic heterocycles. The molecule has 0 bridgehead atoms. The summed E-state index contributed by atoms with van der Waals surface area (Å²) in [6.45, 7) is 1.61. The Balaban J connectivity index is 1.78. The summed E-state index contributed by atoms with van der Waals surface area (Å²) < 4.78 is 27.1. The SMILES string of the molecule is CN(C)c1cc(Cl)c(N2CCCC(Cc3ccc(F)cc3F)C2)c(Cl)c1. The topological polar surface area (TPSA) is 6.48 Å². The van der Waals surface area contributed by atoms with Crippen molar-refractivity contribution in [2.24, 2.45) is 5.92 Å². The molecule has 1 aliphatic rings. The fraction of sp³-hybridized carbons (Fsp3) is 0.400. The Morgan fingerprint density at radius 1 is 1.12 bits per heavy atom. The minimum absolute atomic E-state index is 0.268. The van der Waals surface area contributed by atoms with Gasteiger partial charge in [0.15, 0.2) is 0 Å². The number of hydrogen-bond donors (Lipinski definition) is 0. The minimum Gasteiger partial charge on any atom is -0.378 e. The zero-order chi connectivity index (χ0) is 18.8. The maximum absolute atomic E-state index is 14.0. The highest BCUT2D eigenvalue weighted by Gasteiger charge is 2.25. The third-order valence-corrected chi connectivity index (χ3v) is 5.45. The van der Waals surface area contributed by atoms with Crippen molar-refractivity contribution in [1.29, 1.82) is 0 Å². The van der Waals surface area contributed by atoms with Crippen molar-refractivity contribution in [1.82, 2.24) is 0 Å². The molecule has 1 fully saturated rings. The zero-order valence-corrected chi connectivity index (χ0v) is 16.4. The molecule has 2 aromatic carbocycles. The lowest BCUT2D eigenvalue weighted by Crippen LogP contribution is -2.36. The minimum atomic E-state index is -0.545. The molecule has 1 unspecified atom stereocenters. The molecule has 2 aromatic rings. The van der Waals surface area contributed by atoms with Gasteiger partial charge in [0.1, 0.15) is 11.6 Å². The predicted octanol–water partition coefficient (Wildman–Crippen LogP) is 5.80. The Kier molecular flexibility index (Phi) is 5.93. The first-order valence-corrected chi connectivity index (χ1v) is 9.46. The zero-order valence-electron chi connectivity index (χ0n) is 14.9. The highest BCUT2D eigenvalue weighted by Crippen LogP contribution is 2.39. The molecule has 1 aliphatic heterocycles. The molecule has 26 heavy (non-hydrogen) atoms. The molecule has 3 rings (SSSR count). The molecule has 1 heterocycles. The summed E-state index contributed by atoms with van der Waals surface area (Å²) in [6.07, 6.45) is 2.56. The van der Waals surface area contributed by atoms with E-state index in [0.29, 0.717) is 22.0 Å². The highest BCUT2D eigenvalue weighted by molar-refractivity contribution is 6.39. The van der Waals surface area contributed by atoms with E-state index in [1.54, 1.807) is 0 Å². The summed E-state index contributed by atoms with van der Waals surface area (Å²) in [5.41, 5.74) is 2.34. The number of rotatable bonds is 4. The monoisotopic (exact) mass is 398 g/mol. The molecule has 1 atom stereocenters. The molecule has 0 amide bonds. The average molecular weight is 399 g/mol. The van der Waals surface area contributed by atoms with Gasteiger partial charge < -0.3 is 9.80 Å². The lowest BCUT2D eigenvalue weighted by molar-refractivity contribution is 0.406. The summed E-state index contributed by atoms with van der Waals surface area (Å²) in [4.78, 5) is 4.14. The van der Waals surface area contributed by atoms with Crippen LogP contribution in [-0.2, 0) is 6.42 Å². The first-order valence-electron chi connectivity index (χ1n) is 8.70. The van der Waals surface area contributed by atoms with E-state index in [2.05, 4.69) is 4.90 Å². The van der Waals surface area contributed by atoms with Crippen LogP contribution in [0.4, 0.5) is 20.2 Å². The fourth-order valence-electron chi connectivity index (χ4n) is 3.55. The quantitative estimate of drug-likeness (QED) is 0.642. The van der Waals surface area contributed by atoms with Gasteiger partial charge in [-0.2, -0.15) is 0 Å². The number of nitrogens with zero attached hydrogens (tertiary/aromatic N) is 2. The van der Waals surface area contributed by atoms with E-state index in [9.17, 15) is 8.78 Å². The molecule has 6 heteroatoms. The average Bonchev–Trinajstić information content (AvgIpc) is 2.57. The van der Waals surface area contributed by atoms with Gasteiger partial charge in [0.05, 0.1) is 15.7 Å². The Morgan fingerprint density at radius 3 is 2.42 bits per heavy atom. The highest BCUT2D eigenvalue weighted by atomic mass is 35.5. The van der Waals surface area contributed by atoms with Gasteiger partial charge in [-0.05, 0) is 48.9 Å². The van der Waals surface area contributed by atoms with Crippen molar-refractivity contribution in [3.05, 3.63) is 57.6 Å². The third-order valence-electron chi connectivity index (χ3n) is 4.88. The van der Waals surface area contributed by atoms with Gasteiger partial charge in [0.25, 0.3) is 0 Å². The molecule has 0 aliphatic carbocycles. The van der Waals surface area contributed by atoms with E-state index in [4.69, 9.17) is 23.2 Å². The standard InChI is InChI=1S/C20H22Cl2F2N2/c1-25(2)16-10-17(21)20(18(22)11-16)26-7-3-4-13(12-26)8-14-5-6-15(23)9-19(14)24/h5-6,9-11,13H,3-4,7-8,12H2,1-2H3. The Hall–Kier alpha value is -1.52. The maximum Gasteiger partial charge on any atom is 0.129 e. The van der Waals surface area contributed by atoms with Crippen molar-refractivity contribution in [2.75, 3.05) is 37.0 Å². The van der Waals surface area contributed by atoms with Gasteiger partial charge in [-0.15, -0.1) is 0 Å². The normalized spacial score (nSPS) is 17.5. The molecule has 0 N–H and O–H groups in total. The molecule has 0 spiro atoms. The van der Waals surface area contributed by atoms with Crippen LogP contribution in [0.1, 0.15) is 18.4 Å². The van der Waals surface area contributed by atoms with Crippen LogP contribution in [0.5, 0.6) is 0 Å². The summed E-state index contributed by atoms with van der Waals surface area (Å²) in [5.74, 6) is -0.756. The van der Waals surface area contributed by atoms with Gasteiger partial charge in [-0.3, -0.25) is 0 Å². The lowest BCUT2D eigenvalue weighted by Gasteiger charge is -2.36. The van der Waals surface area contributed by atoms with Crippen LogP contribution >= 0.6 is 23.2 Å².